The molecule has 0 unspecified atom stereocenters. The van der Waals surface area contributed by atoms with E-state index < -0.39 is 0 Å². The molecule has 1 amide bonds. The second-order valence-electron chi connectivity index (χ2n) is 5.87. The minimum Gasteiger partial charge on any atom is -0.504 e. The fraction of sp³-hybridized carbons (Fsp3) is 0.143. The van der Waals surface area contributed by atoms with Crippen molar-refractivity contribution in [1.29, 1.82) is 0 Å². The van der Waals surface area contributed by atoms with Crippen LogP contribution in [0.25, 0.3) is 10.8 Å². The first-order chi connectivity index (χ1) is 13.2. The van der Waals surface area contributed by atoms with Gasteiger partial charge in [0.15, 0.2) is 11.5 Å². The molecule has 0 saturated carbocycles. The van der Waals surface area contributed by atoms with Crippen LogP contribution < -0.4 is 15.5 Å². The molecule has 6 heteroatoms. The van der Waals surface area contributed by atoms with Crippen molar-refractivity contribution in [3.8, 4) is 11.5 Å². The number of phenolic OH excluding ortho intramolecular Hbond substituents is 1. The van der Waals surface area contributed by atoms with E-state index in [0.717, 1.165) is 16.5 Å². The van der Waals surface area contributed by atoms with Crippen LogP contribution in [0.1, 0.15) is 12.5 Å². The second kappa shape index (κ2) is 8.71. The van der Waals surface area contributed by atoms with Crippen LogP contribution in [0.2, 0.25) is 0 Å². The van der Waals surface area contributed by atoms with Crippen molar-refractivity contribution in [3.05, 3.63) is 66.2 Å². The molecule has 0 spiro atoms. The zero-order valence-corrected chi connectivity index (χ0v) is 15.0. The number of carbonyl (C=O) groups is 1. The van der Waals surface area contributed by atoms with Gasteiger partial charge in [-0.15, -0.1) is 0 Å². The molecule has 138 valence electrons. The summed E-state index contributed by atoms with van der Waals surface area (Å²) in [4.78, 5) is 11.9. The Hall–Kier alpha value is -3.54. The highest BCUT2D eigenvalue weighted by molar-refractivity contribution is 5.87. The summed E-state index contributed by atoms with van der Waals surface area (Å²) in [6.45, 7) is 2.42. The summed E-state index contributed by atoms with van der Waals surface area (Å²) >= 11 is 0. The number of hydrazone groups is 1. The maximum absolute atomic E-state index is 11.9. The lowest BCUT2D eigenvalue weighted by Crippen LogP contribution is -2.25. The van der Waals surface area contributed by atoms with Gasteiger partial charge in [0.1, 0.15) is 0 Å². The third-order valence-electron chi connectivity index (χ3n) is 3.89. The van der Waals surface area contributed by atoms with Crippen molar-refractivity contribution < 1.29 is 14.6 Å². The Morgan fingerprint density at radius 3 is 2.70 bits per heavy atom. The largest absolute Gasteiger partial charge is 0.504 e. The number of amides is 1. The van der Waals surface area contributed by atoms with Gasteiger partial charge in [-0.25, -0.2) is 5.43 Å². The lowest BCUT2D eigenvalue weighted by Gasteiger charge is -2.07. The van der Waals surface area contributed by atoms with Gasteiger partial charge >= 0.3 is 0 Å². The Morgan fingerprint density at radius 1 is 1.11 bits per heavy atom. The van der Waals surface area contributed by atoms with E-state index in [0.29, 0.717) is 17.9 Å². The molecule has 0 aliphatic rings. The van der Waals surface area contributed by atoms with Gasteiger partial charge in [0.2, 0.25) is 0 Å². The summed E-state index contributed by atoms with van der Waals surface area (Å²) in [7, 11) is 0. The summed E-state index contributed by atoms with van der Waals surface area (Å²) < 4.78 is 5.26. The first kappa shape index (κ1) is 18.3. The Bertz CT molecular complexity index is 970. The Labute approximate surface area is 157 Å². The van der Waals surface area contributed by atoms with E-state index in [1.807, 2.05) is 49.4 Å². The standard InChI is InChI=1S/C21H21N3O3/c1-2-27-20-10-7-15(11-19(20)25)13-23-24-21(26)14-22-18-9-8-16-5-3-4-6-17(16)12-18/h3-13,22,25H,2,14H2,1H3,(H,24,26)/b23-13+. The molecule has 0 saturated heterocycles. The number of nitrogens with one attached hydrogen (secondary N) is 2. The number of hydrogen-bond acceptors (Lipinski definition) is 5. The van der Waals surface area contributed by atoms with E-state index in [4.69, 9.17) is 4.74 Å². The van der Waals surface area contributed by atoms with Gasteiger partial charge in [0.05, 0.1) is 19.4 Å². The van der Waals surface area contributed by atoms with Gasteiger partial charge in [-0.3, -0.25) is 4.79 Å². The number of hydrogen-bond donors (Lipinski definition) is 3. The maximum Gasteiger partial charge on any atom is 0.259 e. The van der Waals surface area contributed by atoms with Crippen molar-refractivity contribution >= 4 is 28.6 Å². The summed E-state index contributed by atoms with van der Waals surface area (Å²) in [5.41, 5.74) is 3.97. The fourth-order valence-corrected chi connectivity index (χ4v) is 2.59. The molecule has 3 aromatic carbocycles. The van der Waals surface area contributed by atoms with Crippen LogP contribution in [0.4, 0.5) is 5.69 Å². The Kier molecular flexibility index (Phi) is 5.89. The summed E-state index contributed by atoms with van der Waals surface area (Å²) in [5, 5.41) is 19.1. The van der Waals surface area contributed by atoms with Gasteiger partial charge in [0.25, 0.3) is 5.91 Å². The molecular weight excluding hydrogens is 342 g/mol. The minimum absolute atomic E-state index is 0.0325. The fourth-order valence-electron chi connectivity index (χ4n) is 2.59. The highest BCUT2D eigenvalue weighted by Crippen LogP contribution is 2.26. The lowest BCUT2D eigenvalue weighted by molar-refractivity contribution is -0.119. The number of ether oxygens (including phenoxy) is 1. The molecule has 27 heavy (non-hydrogen) atoms. The summed E-state index contributed by atoms with van der Waals surface area (Å²) in [6.07, 6.45) is 1.46. The molecule has 0 fully saturated rings. The quantitative estimate of drug-likeness (QED) is 0.443. The molecule has 0 aliphatic heterocycles. The Balaban J connectivity index is 1.51. The maximum atomic E-state index is 11.9. The number of fused-ring (bicyclic) bond motifs is 1. The van der Waals surface area contributed by atoms with Crippen LogP contribution in [0.3, 0.4) is 0 Å². The normalized spacial score (nSPS) is 10.9. The predicted octanol–water partition coefficient (Wildman–Crippen LogP) is 3.51. The van der Waals surface area contributed by atoms with Gasteiger partial charge in [-0.1, -0.05) is 30.3 Å². The van der Waals surface area contributed by atoms with Crippen LogP contribution in [0.15, 0.2) is 65.8 Å². The molecule has 6 nitrogen and oxygen atoms in total. The van der Waals surface area contributed by atoms with Gasteiger partial charge in [-0.2, -0.15) is 5.10 Å². The number of phenols is 1. The molecule has 0 radical (unpaired) electrons. The minimum atomic E-state index is -0.269. The Morgan fingerprint density at radius 2 is 1.93 bits per heavy atom. The molecule has 0 heterocycles. The van der Waals surface area contributed by atoms with Crippen molar-refractivity contribution in [2.45, 2.75) is 6.92 Å². The first-order valence-electron chi connectivity index (χ1n) is 8.66. The average Bonchev–Trinajstić information content (AvgIpc) is 2.68. The molecular formula is C21H21N3O3. The molecule has 0 bridgehead atoms. The zero-order chi connectivity index (χ0) is 19.1. The van der Waals surface area contributed by atoms with E-state index in [9.17, 15) is 9.90 Å². The smallest absolute Gasteiger partial charge is 0.259 e. The third-order valence-corrected chi connectivity index (χ3v) is 3.89. The summed E-state index contributed by atoms with van der Waals surface area (Å²) in [6, 6.07) is 18.9. The zero-order valence-electron chi connectivity index (χ0n) is 15.0. The summed E-state index contributed by atoms with van der Waals surface area (Å²) in [5.74, 6) is 0.179. The lowest BCUT2D eigenvalue weighted by atomic mass is 10.1. The third kappa shape index (κ3) is 4.98. The number of nitrogens with zero attached hydrogens (tertiary/aromatic N) is 1. The van der Waals surface area contributed by atoms with Crippen LogP contribution in [-0.4, -0.2) is 30.4 Å². The van der Waals surface area contributed by atoms with Crippen LogP contribution >= 0.6 is 0 Å². The van der Waals surface area contributed by atoms with Gasteiger partial charge < -0.3 is 15.2 Å². The van der Waals surface area contributed by atoms with Crippen LogP contribution in [0.5, 0.6) is 11.5 Å². The van der Waals surface area contributed by atoms with Crippen LogP contribution in [0, 0.1) is 0 Å². The topological polar surface area (TPSA) is 83.0 Å². The van der Waals surface area contributed by atoms with Crippen molar-refractivity contribution in [3.63, 3.8) is 0 Å². The number of benzene rings is 3. The van der Waals surface area contributed by atoms with Crippen molar-refractivity contribution in [2.24, 2.45) is 5.10 Å². The number of aromatic hydroxyl groups is 1. The number of carbonyl (C=O) groups excluding carboxylic acids is 1. The van der Waals surface area contributed by atoms with E-state index in [1.165, 1.54) is 12.3 Å². The van der Waals surface area contributed by atoms with Gasteiger partial charge in [0, 0.05) is 5.69 Å². The highest BCUT2D eigenvalue weighted by Gasteiger charge is 2.03. The average molecular weight is 363 g/mol. The molecule has 3 N–H and O–H groups in total. The molecule has 3 rings (SSSR count). The van der Waals surface area contributed by atoms with E-state index >= 15 is 0 Å². The SMILES string of the molecule is CCOc1ccc(/C=N/NC(=O)CNc2ccc3ccccc3c2)cc1O. The van der Waals surface area contributed by atoms with Crippen molar-refractivity contribution in [2.75, 3.05) is 18.5 Å². The second-order valence-corrected chi connectivity index (χ2v) is 5.87. The van der Waals surface area contributed by atoms with E-state index in [-0.39, 0.29) is 18.2 Å². The molecule has 0 aliphatic carbocycles. The molecule has 0 atom stereocenters. The van der Waals surface area contributed by atoms with E-state index in [2.05, 4.69) is 15.8 Å². The molecule has 0 aromatic heterocycles. The van der Waals surface area contributed by atoms with Gasteiger partial charge in [-0.05, 0) is 53.6 Å². The van der Waals surface area contributed by atoms with Crippen molar-refractivity contribution in [1.82, 2.24) is 5.43 Å². The van der Waals surface area contributed by atoms with E-state index in [1.54, 1.807) is 12.1 Å². The number of rotatable bonds is 7. The van der Waals surface area contributed by atoms with Crippen LogP contribution in [-0.2, 0) is 4.79 Å². The predicted molar refractivity (Wildman–Crippen MR) is 107 cm³/mol. The monoisotopic (exact) mass is 363 g/mol. The molecule has 3 aromatic rings. The first-order valence-corrected chi connectivity index (χ1v) is 8.66. The number of anilines is 1. The highest BCUT2D eigenvalue weighted by atomic mass is 16.5.